The van der Waals surface area contributed by atoms with Crippen molar-refractivity contribution < 1.29 is 9.53 Å². The predicted octanol–water partition coefficient (Wildman–Crippen LogP) is 6.44. The second-order valence-corrected chi connectivity index (χ2v) is 11.0. The van der Waals surface area contributed by atoms with Crippen molar-refractivity contribution in [2.45, 2.75) is 51.6 Å². The second kappa shape index (κ2) is 12.0. The summed E-state index contributed by atoms with van der Waals surface area (Å²) in [5.74, 6) is 2.16. The molecule has 2 unspecified atom stereocenters. The molecule has 4 heteroatoms. The summed E-state index contributed by atoms with van der Waals surface area (Å²) in [5, 5.41) is 0. The van der Waals surface area contributed by atoms with Crippen molar-refractivity contribution in [2.24, 2.45) is 11.8 Å². The van der Waals surface area contributed by atoms with E-state index < -0.39 is 0 Å². The SMILES string of the molecule is COc1cccc(C2CN(Cc3ccc(C)cc3)CC2CN(Cc2ccccc2)C(=O)C2CCCC2)c1. The standard InChI is InChI=1S/C33H40N2O2/c1-25-15-17-27(18-16-25)20-34-22-30(32(24-34)29-13-8-14-31(19-29)37-2)23-35(21-26-9-4-3-5-10-26)33(36)28-11-6-7-12-28/h3-5,8-10,13-19,28,30,32H,6-7,11-12,20-24H2,1-2H3. The van der Waals surface area contributed by atoms with Gasteiger partial charge >= 0.3 is 0 Å². The number of benzene rings is 3. The van der Waals surface area contributed by atoms with Crippen molar-refractivity contribution in [3.8, 4) is 5.75 Å². The highest BCUT2D eigenvalue weighted by atomic mass is 16.5. The van der Waals surface area contributed by atoms with Crippen molar-refractivity contribution >= 4 is 5.91 Å². The van der Waals surface area contributed by atoms with Gasteiger partial charge in [0.15, 0.2) is 0 Å². The molecule has 1 aliphatic heterocycles. The van der Waals surface area contributed by atoms with Crippen LogP contribution in [0.2, 0.25) is 0 Å². The zero-order valence-corrected chi connectivity index (χ0v) is 22.3. The zero-order valence-electron chi connectivity index (χ0n) is 22.3. The predicted molar refractivity (Wildman–Crippen MR) is 149 cm³/mol. The quantitative estimate of drug-likeness (QED) is 0.342. The first-order chi connectivity index (χ1) is 18.1. The van der Waals surface area contributed by atoms with E-state index in [2.05, 4.69) is 83.5 Å². The summed E-state index contributed by atoms with van der Waals surface area (Å²) < 4.78 is 5.57. The third-order valence-corrected chi connectivity index (χ3v) is 8.25. The average molecular weight is 497 g/mol. The van der Waals surface area contributed by atoms with Gasteiger partial charge in [0.25, 0.3) is 0 Å². The van der Waals surface area contributed by atoms with E-state index in [1.807, 2.05) is 12.1 Å². The third kappa shape index (κ3) is 6.42. The van der Waals surface area contributed by atoms with Gasteiger partial charge in [0, 0.05) is 44.6 Å². The smallest absolute Gasteiger partial charge is 0.225 e. The number of amides is 1. The van der Waals surface area contributed by atoms with Crippen molar-refractivity contribution in [3.63, 3.8) is 0 Å². The van der Waals surface area contributed by atoms with Crippen molar-refractivity contribution in [1.29, 1.82) is 0 Å². The lowest BCUT2D eigenvalue weighted by molar-refractivity contribution is -0.136. The molecule has 0 spiro atoms. The van der Waals surface area contributed by atoms with E-state index >= 15 is 0 Å². The molecule has 4 nitrogen and oxygen atoms in total. The van der Waals surface area contributed by atoms with Crippen LogP contribution in [0, 0.1) is 18.8 Å². The van der Waals surface area contributed by atoms with Crippen LogP contribution in [0.25, 0.3) is 0 Å². The second-order valence-electron chi connectivity index (χ2n) is 11.0. The molecule has 0 aromatic heterocycles. The Hall–Kier alpha value is -3.11. The Morgan fingerprint density at radius 1 is 0.919 bits per heavy atom. The van der Waals surface area contributed by atoms with Crippen LogP contribution in [0.15, 0.2) is 78.9 Å². The summed E-state index contributed by atoms with van der Waals surface area (Å²) in [7, 11) is 1.73. The first-order valence-electron chi connectivity index (χ1n) is 13.8. The molecule has 3 aromatic rings. The summed E-state index contributed by atoms with van der Waals surface area (Å²) in [6, 6.07) is 27.9. The van der Waals surface area contributed by atoms with Gasteiger partial charge in [0.2, 0.25) is 5.91 Å². The van der Waals surface area contributed by atoms with Gasteiger partial charge in [0.05, 0.1) is 7.11 Å². The van der Waals surface area contributed by atoms with Crippen LogP contribution in [0.3, 0.4) is 0 Å². The third-order valence-electron chi connectivity index (χ3n) is 8.25. The number of methoxy groups -OCH3 is 1. The van der Waals surface area contributed by atoms with Gasteiger partial charge in [-0.3, -0.25) is 9.69 Å². The fourth-order valence-electron chi connectivity index (χ4n) is 6.23. The summed E-state index contributed by atoms with van der Waals surface area (Å²) in [6.07, 6.45) is 4.42. The molecule has 0 radical (unpaired) electrons. The minimum Gasteiger partial charge on any atom is -0.497 e. The first-order valence-corrected chi connectivity index (χ1v) is 13.8. The van der Waals surface area contributed by atoms with Gasteiger partial charge in [-0.05, 0) is 54.5 Å². The molecular weight excluding hydrogens is 456 g/mol. The summed E-state index contributed by atoms with van der Waals surface area (Å²) >= 11 is 0. The molecule has 2 atom stereocenters. The lowest BCUT2D eigenvalue weighted by Crippen LogP contribution is -2.40. The number of likely N-dealkylation sites (tertiary alicyclic amines) is 1. The molecule has 1 saturated heterocycles. The van der Waals surface area contributed by atoms with Crippen LogP contribution >= 0.6 is 0 Å². The molecule has 1 aliphatic carbocycles. The van der Waals surface area contributed by atoms with E-state index in [4.69, 9.17) is 4.74 Å². The maximum Gasteiger partial charge on any atom is 0.225 e. The normalized spacial score (nSPS) is 20.3. The molecule has 5 rings (SSSR count). The Labute approximate surface area is 222 Å². The van der Waals surface area contributed by atoms with E-state index in [1.165, 1.54) is 35.1 Å². The van der Waals surface area contributed by atoms with Crippen molar-refractivity contribution in [3.05, 3.63) is 101 Å². The molecule has 194 valence electrons. The lowest BCUT2D eigenvalue weighted by atomic mass is 9.88. The van der Waals surface area contributed by atoms with E-state index in [9.17, 15) is 4.79 Å². The monoisotopic (exact) mass is 496 g/mol. The van der Waals surface area contributed by atoms with E-state index in [0.717, 1.165) is 44.8 Å². The number of rotatable bonds is 9. The number of hydrogen-bond donors (Lipinski definition) is 0. The van der Waals surface area contributed by atoms with Crippen molar-refractivity contribution in [2.75, 3.05) is 26.7 Å². The lowest BCUT2D eigenvalue weighted by Gasteiger charge is -2.31. The molecular formula is C33H40N2O2. The summed E-state index contributed by atoms with van der Waals surface area (Å²) in [5.41, 5.74) is 5.16. The van der Waals surface area contributed by atoms with Gasteiger partial charge in [-0.2, -0.15) is 0 Å². The van der Waals surface area contributed by atoms with Gasteiger partial charge in [-0.15, -0.1) is 0 Å². The van der Waals surface area contributed by atoms with Gasteiger partial charge in [0.1, 0.15) is 5.75 Å². The van der Waals surface area contributed by atoms with Crippen LogP contribution in [-0.2, 0) is 17.9 Å². The van der Waals surface area contributed by atoms with Crippen LogP contribution in [0.1, 0.15) is 53.9 Å². The van der Waals surface area contributed by atoms with E-state index in [1.54, 1.807) is 7.11 Å². The fourth-order valence-corrected chi connectivity index (χ4v) is 6.23. The number of hydrogen-bond acceptors (Lipinski definition) is 3. The number of nitrogens with zero attached hydrogens (tertiary/aromatic N) is 2. The largest absolute Gasteiger partial charge is 0.497 e. The summed E-state index contributed by atoms with van der Waals surface area (Å²) in [4.78, 5) is 18.5. The van der Waals surface area contributed by atoms with E-state index in [-0.39, 0.29) is 5.92 Å². The van der Waals surface area contributed by atoms with Crippen LogP contribution in [-0.4, -0.2) is 42.5 Å². The minimum atomic E-state index is 0.184. The molecule has 0 N–H and O–H groups in total. The van der Waals surface area contributed by atoms with Gasteiger partial charge in [-0.1, -0.05) is 85.1 Å². The first kappa shape index (κ1) is 25.5. The van der Waals surface area contributed by atoms with Gasteiger partial charge in [-0.25, -0.2) is 0 Å². The molecule has 1 amide bonds. The Morgan fingerprint density at radius 3 is 2.41 bits per heavy atom. The molecule has 3 aromatic carbocycles. The van der Waals surface area contributed by atoms with Crippen LogP contribution in [0.4, 0.5) is 0 Å². The number of carbonyl (C=O) groups excluding carboxylic acids is 1. The van der Waals surface area contributed by atoms with Crippen molar-refractivity contribution in [1.82, 2.24) is 9.80 Å². The summed E-state index contributed by atoms with van der Waals surface area (Å²) in [6.45, 7) is 6.52. The topological polar surface area (TPSA) is 32.8 Å². The maximum atomic E-state index is 13.8. The number of carbonyl (C=O) groups is 1. The fraction of sp³-hybridized carbons (Fsp3) is 0.424. The van der Waals surface area contributed by atoms with Crippen LogP contribution < -0.4 is 4.74 Å². The zero-order chi connectivity index (χ0) is 25.6. The van der Waals surface area contributed by atoms with E-state index in [0.29, 0.717) is 24.3 Å². The number of ether oxygens (including phenoxy) is 1. The molecule has 37 heavy (non-hydrogen) atoms. The van der Waals surface area contributed by atoms with Crippen LogP contribution in [0.5, 0.6) is 5.75 Å². The minimum absolute atomic E-state index is 0.184. The van der Waals surface area contributed by atoms with Gasteiger partial charge < -0.3 is 9.64 Å². The Morgan fingerprint density at radius 2 is 1.68 bits per heavy atom. The highest BCUT2D eigenvalue weighted by Crippen LogP contribution is 2.37. The Kier molecular flexibility index (Phi) is 8.25. The highest BCUT2D eigenvalue weighted by molar-refractivity contribution is 5.79. The molecule has 2 fully saturated rings. The highest BCUT2D eigenvalue weighted by Gasteiger charge is 2.37. The average Bonchev–Trinajstić information content (AvgIpc) is 3.60. The Bertz CT molecular complexity index is 1150. The Balaban J connectivity index is 1.40. The molecule has 1 heterocycles. The maximum absolute atomic E-state index is 13.8. The number of aryl methyl sites for hydroxylation is 1. The molecule has 2 aliphatic rings. The molecule has 1 saturated carbocycles. The molecule has 0 bridgehead atoms.